The average Bonchev–Trinajstić information content (AvgIpc) is 2.66. The quantitative estimate of drug-likeness (QED) is 0.778. The molecule has 6 heteroatoms. The summed E-state index contributed by atoms with van der Waals surface area (Å²) in [4.78, 5) is 27.3. The van der Waals surface area contributed by atoms with Crippen molar-refractivity contribution in [2.24, 2.45) is 17.6 Å². The third-order valence-corrected chi connectivity index (χ3v) is 4.91. The highest BCUT2D eigenvalue weighted by atomic mass is 16.5. The van der Waals surface area contributed by atoms with E-state index in [1.807, 2.05) is 25.7 Å². The lowest BCUT2D eigenvalue weighted by atomic mass is 9.95. The SMILES string of the molecule is CCOc1ccc(C(=O)NC(C(=O)N2CCC(CN)CC2)C(C)C)cc1. The van der Waals surface area contributed by atoms with Crippen LogP contribution in [0.25, 0.3) is 0 Å². The van der Waals surface area contributed by atoms with E-state index in [2.05, 4.69) is 5.32 Å². The number of amides is 2. The second-order valence-corrected chi connectivity index (χ2v) is 7.16. The fourth-order valence-electron chi connectivity index (χ4n) is 3.19. The zero-order chi connectivity index (χ0) is 19.1. The summed E-state index contributed by atoms with van der Waals surface area (Å²) < 4.78 is 5.39. The molecule has 1 unspecified atom stereocenters. The van der Waals surface area contributed by atoms with Crippen molar-refractivity contribution in [3.05, 3.63) is 29.8 Å². The molecule has 1 aromatic rings. The van der Waals surface area contributed by atoms with Crippen molar-refractivity contribution in [2.45, 2.75) is 39.7 Å². The Hall–Kier alpha value is -2.08. The van der Waals surface area contributed by atoms with E-state index in [4.69, 9.17) is 10.5 Å². The fourth-order valence-corrected chi connectivity index (χ4v) is 3.19. The summed E-state index contributed by atoms with van der Waals surface area (Å²) in [5.41, 5.74) is 6.25. The van der Waals surface area contributed by atoms with Gasteiger partial charge in [-0.3, -0.25) is 9.59 Å². The first kappa shape index (κ1) is 20.2. The average molecular weight is 361 g/mol. The monoisotopic (exact) mass is 361 g/mol. The van der Waals surface area contributed by atoms with Gasteiger partial charge < -0.3 is 20.7 Å². The van der Waals surface area contributed by atoms with Crippen LogP contribution < -0.4 is 15.8 Å². The third-order valence-electron chi connectivity index (χ3n) is 4.91. The molecular weight excluding hydrogens is 330 g/mol. The molecular formula is C20H31N3O3. The normalized spacial score (nSPS) is 16.4. The summed E-state index contributed by atoms with van der Waals surface area (Å²) in [6.45, 7) is 8.49. The number of benzene rings is 1. The van der Waals surface area contributed by atoms with Crippen LogP contribution in [0.15, 0.2) is 24.3 Å². The van der Waals surface area contributed by atoms with Crippen LogP contribution in [0.5, 0.6) is 5.75 Å². The molecule has 0 saturated carbocycles. The molecule has 0 bridgehead atoms. The zero-order valence-corrected chi connectivity index (χ0v) is 16.0. The van der Waals surface area contributed by atoms with Crippen LogP contribution in [0, 0.1) is 11.8 Å². The minimum absolute atomic E-state index is 0.00485. The smallest absolute Gasteiger partial charge is 0.251 e. The number of nitrogens with two attached hydrogens (primary N) is 1. The van der Waals surface area contributed by atoms with Gasteiger partial charge in [0.05, 0.1) is 6.61 Å². The minimum atomic E-state index is -0.525. The number of nitrogens with one attached hydrogen (secondary N) is 1. The molecule has 0 radical (unpaired) electrons. The van der Waals surface area contributed by atoms with Crippen LogP contribution in [0.2, 0.25) is 0 Å². The maximum atomic E-state index is 12.9. The first-order chi connectivity index (χ1) is 12.5. The molecule has 1 aliphatic heterocycles. The predicted octanol–water partition coefficient (Wildman–Crippen LogP) is 2.04. The van der Waals surface area contributed by atoms with Crippen LogP contribution in [-0.4, -0.2) is 49.0 Å². The van der Waals surface area contributed by atoms with Gasteiger partial charge in [0.25, 0.3) is 5.91 Å². The van der Waals surface area contributed by atoms with Crippen molar-refractivity contribution in [1.82, 2.24) is 10.2 Å². The molecule has 1 aromatic carbocycles. The van der Waals surface area contributed by atoms with Crippen LogP contribution in [0.3, 0.4) is 0 Å². The Kier molecular flexibility index (Phi) is 7.45. The highest BCUT2D eigenvalue weighted by molar-refractivity contribution is 5.97. The van der Waals surface area contributed by atoms with Gasteiger partial charge in [0.2, 0.25) is 5.91 Å². The number of carbonyl (C=O) groups excluding carboxylic acids is 2. The van der Waals surface area contributed by atoms with Crippen LogP contribution >= 0.6 is 0 Å². The van der Waals surface area contributed by atoms with Crippen molar-refractivity contribution in [3.8, 4) is 5.75 Å². The van der Waals surface area contributed by atoms with E-state index in [-0.39, 0.29) is 17.7 Å². The summed E-state index contributed by atoms with van der Waals surface area (Å²) in [6, 6.07) is 6.44. The van der Waals surface area contributed by atoms with E-state index in [0.29, 0.717) is 37.7 Å². The largest absolute Gasteiger partial charge is 0.494 e. The first-order valence-corrected chi connectivity index (χ1v) is 9.48. The Labute approximate surface area is 156 Å². The van der Waals surface area contributed by atoms with Gasteiger partial charge in [0.15, 0.2) is 0 Å². The van der Waals surface area contributed by atoms with E-state index in [1.54, 1.807) is 24.3 Å². The molecule has 1 aliphatic rings. The van der Waals surface area contributed by atoms with E-state index in [9.17, 15) is 9.59 Å². The molecule has 144 valence electrons. The number of nitrogens with zero attached hydrogens (tertiary/aromatic N) is 1. The van der Waals surface area contributed by atoms with Crippen LogP contribution in [0.1, 0.15) is 44.0 Å². The maximum absolute atomic E-state index is 12.9. The lowest BCUT2D eigenvalue weighted by Crippen LogP contribution is -2.53. The van der Waals surface area contributed by atoms with Crippen molar-refractivity contribution < 1.29 is 14.3 Å². The predicted molar refractivity (Wildman–Crippen MR) is 102 cm³/mol. The Morgan fingerprint density at radius 3 is 2.35 bits per heavy atom. The molecule has 1 fully saturated rings. The van der Waals surface area contributed by atoms with E-state index < -0.39 is 6.04 Å². The Bertz CT molecular complexity index is 593. The number of hydrogen-bond donors (Lipinski definition) is 2. The molecule has 1 heterocycles. The van der Waals surface area contributed by atoms with Crippen molar-refractivity contribution in [1.29, 1.82) is 0 Å². The lowest BCUT2D eigenvalue weighted by Gasteiger charge is -2.35. The molecule has 2 amide bonds. The van der Waals surface area contributed by atoms with Gasteiger partial charge in [0, 0.05) is 18.7 Å². The molecule has 1 saturated heterocycles. The second-order valence-electron chi connectivity index (χ2n) is 7.16. The molecule has 0 aliphatic carbocycles. The number of hydrogen-bond acceptors (Lipinski definition) is 4. The van der Waals surface area contributed by atoms with E-state index >= 15 is 0 Å². The lowest BCUT2D eigenvalue weighted by molar-refractivity contribution is -0.135. The molecule has 3 N–H and O–H groups in total. The summed E-state index contributed by atoms with van der Waals surface area (Å²) in [5.74, 6) is 0.992. The molecule has 6 nitrogen and oxygen atoms in total. The summed E-state index contributed by atoms with van der Waals surface area (Å²) >= 11 is 0. The highest BCUT2D eigenvalue weighted by Gasteiger charge is 2.31. The molecule has 0 aromatic heterocycles. The molecule has 2 rings (SSSR count). The van der Waals surface area contributed by atoms with Gasteiger partial charge in [-0.15, -0.1) is 0 Å². The second kappa shape index (κ2) is 9.57. The van der Waals surface area contributed by atoms with E-state index in [0.717, 1.165) is 18.6 Å². The topological polar surface area (TPSA) is 84.7 Å². The van der Waals surface area contributed by atoms with Gasteiger partial charge in [-0.25, -0.2) is 0 Å². The van der Waals surface area contributed by atoms with Crippen molar-refractivity contribution in [2.75, 3.05) is 26.2 Å². The van der Waals surface area contributed by atoms with E-state index in [1.165, 1.54) is 0 Å². The third kappa shape index (κ3) is 5.21. The maximum Gasteiger partial charge on any atom is 0.251 e. The molecule has 26 heavy (non-hydrogen) atoms. The van der Waals surface area contributed by atoms with Gasteiger partial charge in [-0.2, -0.15) is 0 Å². The van der Waals surface area contributed by atoms with Crippen molar-refractivity contribution >= 4 is 11.8 Å². The highest BCUT2D eigenvalue weighted by Crippen LogP contribution is 2.18. The Morgan fingerprint density at radius 2 is 1.85 bits per heavy atom. The first-order valence-electron chi connectivity index (χ1n) is 9.48. The number of rotatable bonds is 7. The standard InChI is InChI=1S/C20H31N3O3/c1-4-26-17-7-5-16(6-8-17)19(24)22-18(14(2)3)20(25)23-11-9-15(13-21)10-12-23/h5-8,14-15,18H,4,9-13,21H2,1-3H3,(H,22,24). The molecule has 0 spiro atoms. The number of ether oxygens (including phenoxy) is 1. The Morgan fingerprint density at radius 1 is 1.23 bits per heavy atom. The number of carbonyl (C=O) groups is 2. The fraction of sp³-hybridized carbons (Fsp3) is 0.600. The van der Waals surface area contributed by atoms with Crippen LogP contribution in [-0.2, 0) is 4.79 Å². The van der Waals surface area contributed by atoms with Gasteiger partial charge >= 0.3 is 0 Å². The summed E-state index contributed by atoms with van der Waals surface area (Å²) in [6.07, 6.45) is 1.86. The van der Waals surface area contributed by atoms with Gasteiger partial charge in [-0.05, 0) is 62.4 Å². The summed E-state index contributed by atoms with van der Waals surface area (Å²) in [7, 11) is 0. The minimum Gasteiger partial charge on any atom is -0.494 e. The molecule has 1 atom stereocenters. The van der Waals surface area contributed by atoms with Gasteiger partial charge in [-0.1, -0.05) is 13.8 Å². The zero-order valence-electron chi connectivity index (χ0n) is 16.0. The van der Waals surface area contributed by atoms with Crippen LogP contribution in [0.4, 0.5) is 0 Å². The van der Waals surface area contributed by atoms with Gasteiger partial charge in [0.1, 0.15) is 11.8 Å². The van der Waals surface area contributed by atoms with Crippen molar-refractivity contribution in [3.63, 3.8) is 0 Å². The Balaban J connectivity index is 2.00. The number of piperidine rings is 1. The summed E-state index contributed by atoms with van der Waals surface area (Å²) in [5, 5.41) is 2.91. The number of likely N-dealkylation sites (tertiary alicyclic amines) is 1.